The van der Waals surface area contributed by atoms with Gasteiger partial charge in [-0.3, -0.25) is 14.4 Å². The van der Waals surface area contributed by atoms with Crippen LogP contribution in [0.15, 0.2) is 0 Å². The summed E-state index contributed by atoms with van der Waals surface area (Å²) < 4.78 is 16.7. The van der Waals surface area contributed by atoms with Gasteiger partial charge in [-0.25, -0.2) is 0 Å². The third-order valence-corrected chi connectivity index (χ3v) is 11.0. The molecule has 0 fully saturated rings. The number of carbonyl (C=O) groups excluding carboxylic acids is 3. The lowest BCUT2D eigenvalue weighted by molar-refractivity contribution is -0.167. The fourth-order valence-electron chi connectivity index (χ4n) is 7.33. The van der Waals surface area contributed by atoms with Crippen molar-refractivity contribution in [3.63, 3.8) is 0 Å². The maximum Gasteiger partial charge on any atom is 0.306 e. The lowest BCUT2D eigenvalue weighted by Crippen LogP contribution is -2.30. The Morgan fingerprint density at radius 2 is 0.600 bits per heavy atom. The Bertz CT molecular complexity index is 826. The number of esters is 3. The van der Waals surface area contributed by atoms with E-state index in [-0.39, 0.29) is 31.1 Å². The molecular weight excluding hydrogens is 685 g/mol. The third-order valence-electron chi connectivity index (χ3n) is 11.0. The summed E-state index contributed by atoms with van der Waals surface area (Å²) in [5.41, 5.74) is 0. The van der Waals surface area contributed by atoms with Crippen molar-refractivity contribution in [1.29, 1.82) is 0 Å². The number of hydrogen-bond acceptors (Lipinski definition) is 6. The molecule has 0 N–H and O–H groups in total. The van der Waals surface area contributed by atoms with Crippen molar-refractivity contribution < 1.29 is 28.6 Å². The van der Waals surface area contributed by atoms with E-state index in [4.69, 9.17) is 14.2 Å². The van der Waals surface area contributed by atoms with E-state index in [1.165, 1.54) is 167 Å². The van der Waals surface area contributed by atoms with E-state index in [0.717, 1.165) is 63.7 Å². The first-order chi connectivity index (χ1) is 26.9. The second-order valence-electron chi connectivity index (χ2n) is 17.2. The number of ether oxygens (including phenoxy) is 3. The fraction of sp³-hybridized carbons (Fsp3) is 0.939. The lowest BCUT2D eigenvalue weighted by Gasteiger charge is -2.18. The summed E-state index contributed by atoms with van der Waals surface area (Å²) in [5.74, 6) is -0.00382. The van der Waals surface area contributed by atoms with Crippen LogP contribution in [0, 0.1) is 5.92 Å². The molecule has 1 atom stereocenters. The number of hydrogen-bond donors (Lipinski definition) is 0. The molecule has 326 valence electrons. The molecule has 55 heavy (non-hydrogen) atoms. The molecule has 0 saturated heterocycles. The van der Waals surface area contributed by atoms with Crippen LogP contribution in [0.2, 0.25) is 0 Å². The van der Waals surface area contributed by atoms with Gasteiger partial charge in [-0.2, -0.15) is 0 Å². The Balaban J connectivity index is 4.13. The number of rotatable bonds is 44. The molecule has 0 unspecified atom stereocenters. The molecule has 0 aromatic carbocycles. The molecule has 0 saturated carbocycles. The minimum Gasteiger partial charge on any atom is -0.462 e. The normalized spacial score (nSPS) is 11.9. The predicted octanol–water partition coefficient (Wildman–Crippen LogP) is 15.5. The average Bonchev–Trinajstić information content (AvgIpc) is 3.17. The molecule has 0 rings (SSSR count). The van der Waals surface area contributed by atoms with E-state index in [1.54, 1.807) is 0 Å². The van der Waals surface area contributed by atoms with Gasteiger partial charge in [0.1, 0.15) is 13.2 Å². The standard InChI is InChI=1S/C49H94O6/c1-5-7-9-11-13-14-21-25-29-32-36-40-47(50)53-43-46(55-49(52)42-38-34-27-12-10-8-6-2)44-54-48(51)41-37-33-30-26-23-20-18-16-15-17-19-22-24-28-31-35-39-45(3)4/h45-46H,5-44H2,1-4H3/t46-/m0/s1. The van der Waals surface area contributed by atoms with Gasteiger partial charge < -0.3 is 14.2 Å². The topological polar surface area (TPSA) is 78.9 Å². The smallest absolute Gasteiger partial charge is 0.306 e. The third kappa shape index (κ3) is 43.4. The van der Waals surface area contributed by atoms with Crippen molar-refractivity contribution in [3.05, 3.63) is 0 Å². The van der Waals surface area contributed by atoms with Crippen LogP contribution in [-0.4, -0.2) is 37.2 Å². The Morgan fingerprint density at radius 1 is 0.345 bits per heavy atom. The van der Waals surface area contributed by atoms with Crippen molar-refractivity contribution >= 4 is 17.9 Å². The van der Waals surface area contributed by atoms with Crippen LogP contribution in [0.4, 0.5) is 0 Å². The molecule has 0 radical (unpaired) electrons. The molecule has 0 aliphatic carbocycles. The Hall–Kier alpha value is -1.59. The van der Waals surface area contributed by atoms with E-state index < -0.39 is 6.10 Å². The summed E-state index contributed by atoms with van der Waals surface area (Å²) in [7, 11) is 0. The van der Waals surface area contributed by atoms with Gasteiger partial charge in [0, 0.05) is 19.3 Å². The number of unbranched alkanes of at least 4 members (excludes halogenated alkanes) is 31. The summed E-state index contributed by atoms with van der Waals surface area (Å²) in [6.07, 6.45) is 43.9. The maximum absolute atomic E-state index is 12.6. The molecule has 0 aromatic rings. The zero-order valence-corrected chi connectivity index (χ0v) is 37.4. The summed E-state index contributed by atoms with van der Waals surface area (Å²) in [5, 5.41) is 0. The van der Waals surface area contributed by atoms with Gasteiger partial charge in [-0.15, -0.1) is 0 Å². The Kier molecular flexibility index (Phi) is 42.3. The zero-order chi connectivity index (χ0) is 40.3. The van der Waals surface area contributed by atoms with Crippen LogP contribution in [0.3, 0.4) is 0 Å². The quantitative estimate of drug-likeness (QED) is 0.0348. The Labute approximate surface area is 342 Å². The van der Waals surface area contributed by atoms with Crippen LogP contribution >= 0.6 is 0 Å². The summed E-state index contributed by atoms with van der Waals surface area (Å²) in [4.78, 5) is 37.6. The minimum atomic E-state index is -0.758. The highest BCUT2D eigenvalue weighted by Crippen LogP contribution is 2.17. The van der Waals surface area contributed by atoms with E-state index >= 15 is 0 Å². The molecule has 6 nitrogen and oxygen atoms in total. The van der Waals surface area contributed by atoms with Gasteiger partial charge >= 0.3 is 17.9 Å². The van der Waals surface area contributed by atoms with Crippen molar-refractivity contribution in [2.75, 3.05) is 13.2 Å². The van der Waals surface area contributed by atoms with E-state index in [9.17, 15) is 14.4 Å². The Morgan fingerprint density at radius 3 is 0.891 bits per heavy atom. The van der Waals surface area contributed by atoms with Gasteiger partial charge in [-0.05, 0) is 25.2 Å². The highest BCUT2D eigenvalue weighted by atomic mass is 16.6. The maximum atomic E-state index is 12.6. The molecule has 0 heterocycles. The SMILES string of the molecule is CCCCCCCCCCCCCC(=O)OC[C@@H](COC(=O)CCCCCCCCCCCCCCCCCCC(C)C)OC(=O)CCCCCCCCC. The average molecular weight is 779 g/mol. The monoisotopic (exact) mass is 779 g/mol. The van der Waals surface area contributed by atoms with Crippen molar-refractivity contribution in [2.45, 2.75) is 278 Å². The molecule has 0 spiro atoms. The molecule has 0 aromatic heterocycles. The van der Waals surface area contributed by atoms with Crippen molar-refractivity contribution in [2.24, 2.45) is 5.92 Å². The first kappa shape index (κ1) is 53.4. The minimum absolute atomic E-state index is 0.0637. The summed E-state index contributed by atoms with van der Waals surface area (Å²) in [6.45, 7) is 8.98. The largest absolute Gasteiger partial charge is 0.462 e. The highest BCUT2D eigenvalue weighted by Gasteiger charge is 2.19. The van der Waals surface area contributed by atoms with E-state index in [1.807, 2.05) is 0 Å². The second-order valence-corrected chi connectivity index (χ2v) is 17.2. The molecule has 0 bridgehead atoms. The number of carbonyl (C=O) groups is 3. The summed E-state index contributed by atoms with van der Waals surface area (Å²) in [6, 6.07) is 0. The second kappa shape index (κ2) is 43.5. The van der Waals surface area contributed by atoms with Crippen LogP contribution in [0.5, 0.6) is 0 Å². The first-order valence-corrected chi connectivity index (χ1v) is 24.4. The van der Waals surface area contributed by atoms with E-state index in [0.29, 0.717) is 19.3 Å². The van der Waals surface area contributed by atoms with Gasteiger partial charge in [0.2, 0.25) is 0 Å². The lowest BCUT2D eigenvalue weighted by atomic mass is 10.0. The van der Waals surface area contributed by atoms with Crippen LogP contribution < -0.4 is 0 Å². The van der Waals surface area contributed by atoms with Crippen LogP contribution in [-0.2, 0) is 28.6 Å². The highest BCUT2D eigenvalue weighted by molar-refractivity contribution is 5.71. The molecule has 0 amide bonds. The zero-order valence-electron chi connectivity index (χ0n) is 37.4. The first-order valence-electron chi connectivity index (χ1n) is 24.4. The molecule has 6 heteroatoms. The van der Waals surface area contributed by atoms with Gasteiger partial charge in [0.15, 0.2) is 6.10 Å². The molecule has 0 aliphatic heterocycles. The molecule has 0 aliphatic rings. The summed E-state index contributed by atoms with van der Waals surface area (Å²) >= 11 is 0. The van der Waals surface area contributed by atoms with Gasteiger partial charge in [-0.1, -0.05) is 233 Å². The fourth-order valence-corrected chi connectivity index (χ4v) is 7.33. The van der Waals surface area contributed by atoms with Gasteiger partial charge in [0.25, 0.3) is 0 Å². The van der Waals surface area contributed by atoms with E-state index in [2.05, 4.69) is 27.7 Å². The van der Waals surface area contributed by atoms with Crippen molar-refractivity contribution in [3.8, 4) is 0 Å². The van der Waals surface area contributed by atoms with Crippen molar-refractivity contribution in [1.82, 2.24) is 0 Å². The molecular formula is C49H94O6. The van der Waals surface area contributed by atoms with Gasteiger partial charge in [0.05, 0.1) is 0 Å². The van der Waals surface area contributed by atoms with Crippen LogP contribution in [0.25, 0.3) is 0 Å². The predicted molar refractivity (Wildman–Crippen MR) is 233 cm³/mol. The van der Waals surface area contributed by atoms with Crippen LogP contribution in [0.1, 0.15) is 272 Å².